The van der Waals surface area contributed by atoms with E-state index in [2.05, 4.69) is 0 Å². The van der Waals surface area contributed by atoms with Crippen LogP contribution in [0.4, 0.5) is 11.4 Å². The van der Waals surface area contributed by atoms with Crippen LogP contribution in [0.1, 0.15) is 5.56 Å². The smallest absolute Gasteiger partial charge is 0.241 e. The Balaban J connectivity index is 2.22. The van der Waals surface area contributed by atoms with E-state index in [0.29, 0.717) is 6.54 Å². The van der Waals surface area contributed by atoms with Crippen LogP contribution in [-0.2, 0) is 4.79 Å². The fourth-order valence-electron chi connectivity index (χ4n) is 1.93. The predicted octanol–water partition coefficient (Wildman–Crippen LogP) is 0.856. The van der Waals surface area contributed by atoms with Crippen molar-refractivity contribution in [3.8, 4) is 0 Å². The van der Waals surface area contributed by atoms with Crippen molar-refractivity contribution in [2.45, 2.75) is 6.92 Å². The van der Waals surface area contributed by atoms with Gasteiger partial charge in [-0.1, -0.05) is 6.07 Å². The largest absolute Gasteiger partial charge is 0.397 e. The number of amides is 1. The molecule has 4 nitrogen and oxygen atoms in total. The summed E-state index contributed by atoms with van der Waals surface area (Å²) < 4.78 is 0. The second kappa shape index (κ2) is 4.04. The van der Waals surface area contributed by atoms with Crippen LogP contribution in [0.15, 0.2) is 18.2 Å². The van der Waals surface area contributed by atoms with Gasteiger partial charge in [-0.3, -0.25) is 4.79 Å². The van der Waals surface area contributed by atoms with E-state index in [0.717, 1.165) is 30.0 Å². The van der Waals surface area contributed by atoms with Crippen molar-refractivity contribution in [2.24, 2.45) is 0 Å². The van der Waals surface area contributed by atoms with Crippen LogP contribution in [0.5, 0.6) is 0 Å². The Morgan fingerprint density at radius 1 is 1.31 bits per heavy atom. The van der Waals surface area contributed by atoms with E-state index in [1.165, 1.54) is 0 Å². The summed E-state index contributed by atoms with van der Waals surface area (Å²) in [5.74, 6) is 0.145. The number of carbonyl (C=O) groups excluding carboxylic acids is 1. The molecule has 2 N–H and O–H groups in total. The summed E-state index contributed by atoms with van der Waals surface area (Å²) in [5.41, 5.74) is 8.82. The third kappa shape index (κ3) is 1.96. The zero-order chi connectivity index (χ0) is 11.7. The molecule has 4 heteroatoms. The topological polar surface area (TPSA) is 49.6 Å². The Labute approximate surface area is 95.6 Å². The lowest BCUT2D eigenvalue weighted by molar-refractivity contribution is -0.129. The highest BCUT2D eigenvalue weighted by molar-refractivity contribution is 5.84. The van der Waals surface area contributed by atoms with Gasteiger partial charge in [-0.15, -0.1) is 0 Å². The van der Waals surface area contributed by atoms with Gasteiger partial charge in [-0.05, 0) is 24.6 Å². The molecule has 0 atom stereocenters. The van der Waals surface area contributed by atoms with Gasteiger partial charge in [0.05, 0.1) is 17.9 Å². The second-order valence-corrected chi connectivity index (χ2v) is 4.30. The molecule has 1 amide bonds. The Kier molecular flexibility index (Phi) is 2.73. The molecule has 1 fully saturated rings. The molecule has 1 aromatic rings. The van der Waals surface area contributed by atoms with Gasteiger partial charge in [0.25, 0.3) is 0 Å². The first kappa shape index (κ1) is 10.8. The van der Waals surface area contributed by atoms with Crippen molar-refractivity contribution in [1.29, 1.82) is 0 Å². The molecular formula is C12H17N3O. The summed E-state index contributed by atoms with van der Waals surface area (Å²) in [6.45, 7) is 4.03. The number of nitrogens with zero attached hydrogens (tertiary/aromatic N) is 2. The molecule has 1 aliphatic rings. The minimum atomic E-state index is 0.145. The zero-order valence-electron chi connectivity index (χ0n) is 9.73. The van der Waals surface area contributed by atoms with E-state index in [1.807, 2.05) is 37.1 Å². The molecule has 0 aromatic heterocycles. The normalized spacial score (nSPS) is 16.8. The number of nitrogens with two attached hydrogens (primary N) is 1. The average Bonchev–Trinajstić information content (AvgIpc) is 2.22. The number of rotatable bonds is 1. The van der Waals surface area contributed by atoms with E-state index in [1.54, 1.807) is 4.90 Å². The summed E-state index contributed by atoms with van der Waals surface area (Å²) in [7, 11) is 1.83. The lowest BCUT2D eigenvalue weighted by atomic mass is 10.1. The summed E-state index contributed by atoms with van der Waals surface area (Å²) in [4.78, 5) is 15.4. The lowest BCUT2D eigenvalue weighted by Gasteiger charge is -2.34. The van der Waals surface area contributed by atoms with Crippen molar-refractivity contribution in [3.63, 3.8) is 0 Å². The van der Waals surface area contributed by atoms with E-state index < -0.39 is 0 Å². The first-order chi connectivity index (χ1) is 7.58. The van der Waals surface area contributed by atoms with Gasteiger partial charge >= 0.3 is 0 Å². The van der Waals surface area contributed by atoms with Crippen molar-refractivity contribution in [2.75, 3.05) is 37.3 Å². The predicted molar refractivity (Wildman–Crippen MR) is 65.4 cm³/mol. The van der Waals surface area contributed by atoms with Gasteiger partial charge in [0.15, 0.2) is 0 Å². The summed E-state index contributed by atoms with van der Waals surface area (Å²) >= 11 is 0. The first-order valence-electron chi connectivity index (χ1n) is 5.43. The fourth-order valence-corrected chi connectivity index (χ4v) is 1.93. The number of hydrogen-bond donors (Lipinski definition) is 1. The van der Waals surface area contributed by atoms with Crippen molar-refractivity contribution in [1.82, 2.24) is 4.90 Å². The monoisotopic (exact) mass is 219 g/mol. The van der Waals surface area contributed by atoms with Gasteiger partial charge in [0, 0.05) is 20.1 Å². The standard InChI is InChI=1S/C12H17N3O/c1-9-3-4-11(10(13)7-9)15-6-5-14(2)12(16)8-15/h3-4,7H,5-6,8,13H2,1-2H3. The Morgan fingerprint density at radius 3 is 2.69 bits per heavy atom. The van der Waals surface area contributed by atoms with Crippen LogP contribution >= 0.6 is 0 Å². The molecule has 0 bridgehead atoms. The van der Waals surface area contributed by atoms with E-state index in [9.17, 15) is 4.79 Å². The molecule has 0 aliphatic carbocycles. The highest BCUT2D eigenvalue weighted by Crippen LogP contribution is 2.25. The van der Waals surface area contributed by atoms with Gasteiger partial charge in [-0.2, -0.15) is 0 Å². The molecule has 16 heavy (non-hydrogen) atoms. The van der Waals surface area contributed by atoms with Crippen LogP contribution in [0.2, 0.25) is 0 Å². The number of hydrogen-bond acceptors (Lipinski definition) is 3. The number of carbonyl (C=O) groups is 1. The van der Waals surface area contributed by atoms with Crippen LogP contribution in [0, 0.1) is 6.92 Å². The second-order valence-electron chi connectivity index (χ2n) is 4.30. The summed E-state index contributed by atoms with van der Waals surface area (Å²) in [5, 5.41) is 0. The number of nitrogen functional groups attached to an aromatic ring is 1. The maximum atomic E-state index is 11.6. The zero-order valence-corrected chi connectivity index (χ0v) is 9.73. The Hall–Kier alpha value is -1.71. The minimum absolute atomic E-state index is 0.145. The van der Waals surface area contributed by atoms with Crippen LogP contribution in [-0.4, -0.2) is 37.5 Å². The molecule has 2 rings (SSSR count). The van der Waals surface area contributed by atoms with Gasteiger partial charge in [0.2, 0.25) is 5.91 Å². The number of piperazine rings is 1. The fraction of sp³-hybridized carbons (Fsp3) is 0.417. The molecule has 1 heterocycles. The Morgan fingerprint density at radius 2 is 2.06 bits per heavy atom. The SMILES string of the molecule is Cc1ccc(N2CCN(C)C(=O)C2)c(N)c1. The van der Waals surface area contributed by atoms with Crippen LogP contribution < -0.4 is 10.6 Å². The number of anilines is 2. The molecule has 0 spiro atoms. The van der Waals surface area contributed by atoms with E-state index >= 15 is 0 Å². The molecule has 86 valence electrons. The minimum Gasteiger partial charge on any atom is -0.397 e. The number of aryl methyl sites for hydroxylation is 1. The number of benzene rings is 1. The third-order valence-corrected chi connectivity index (χ3v) is 2.98. The first-order valence-corrected chi connectivity index (χ1v) is 5.43. The molecule has 1 aromatic carbocycles. The summed E-state index contributed by atoms with van der Waals surface area (Å²) in [6, 6.07) is 5.95. The lowest BCUT2D eigenvalue weighted by Crippen LogP contribution is -2.48. The highest BCUT2D eigenvalue weighted by atomic mass is 16.2. The third-order valence-electron chi connectivity index (χ3n) is 2.98. The highest BCUT2D eigenvalue weighted by Gasteiger charge is 2.22. The van der Waals surface area contributed by atoms with Crippen LogP contribution in [0.3, 0.4) is 0 Å². The van der Waals surface area contributed by atoms with Crippen molar-refractivity contribution < 1.29 is 4.79 Å². The molecule has 0 unspecified atom stereocenters. The van der Waals surface area contributed by atoms with Gasteiger partial charge in [0.1, 0.15) is 0 Å². The Bertz CT molecular complexity index is 417. The summed E-state index contributed by atoms with van der Waals surface area (Å²) in [6.07, 6.45) is 0. The molecule has 1 aliphatic heterocycles. The molecular weight excluding hydrogens is 202 g/mol. The average molecular weight is 219 g/mol. The van der Waals surface area contributed by atoms with Crippen molar-refractivity contribution in [3.05, 3.63) is 23.8 Å². The molecule has 0 saturated carbocycles. The van der Waals surface area contributed by atoms with Gasteiger partial charge in [-0.25, -0.2) is 0 Å². The quantitative estimate of drug-likeness (QED) is 0.713. The van der Waals surface area contributed by atoms with Crippen LogP contribution in [0.25, 0.3) is 0 Å². The van der Waals surface area contributed by atoms with E-state index in [-0.39, 0.29) is 5.91 Å². The van der Waals surface area contributed by atoms with E-state index in [4.69, 9.17) is 5.73 Å². The van der Waals surface area contributed by atoms with Crippen molar-refractivity contribution >= 4 is 17.3 Å². The molecule has 0 radical (unpaired) electrons. The maximum absolute atomic E-state index is 11.6. The number of likely N-dealkylation sites (N-methyl/N-ethyl adjacent to an activating group) is 1. The van der Waals surface area contributed by atoms with Gasteiger partial charge < -0.3 is 15.5 Å². The molecule has 1 saturated heterocycles. The maximum Gasteiger partial charge on any atom is 0.241 e.